The molecular weight excluding hydrogens is 494 g/mol. The lowest BCUT2D eigenvalue weighted by Gasteiger charge is -2.27. The van der Waals surface area contributed by atoms with E-state index in [0.29, 0.717) is 0 Å². The number of nitrogens with one attached hydrogen (secondary N) is 2. The Hall–Kier alpha value is -3.38. The number of rotatable bonds is 6. The van der Waals surface area contributed by atoms with Crippen molar-refractivity contribution in [2.45, 2.75) is 60.8 Å². The number of carbonyl (C=O) groups excluding carboxylic acids is 1. The van der Waals surface area contributed by atoms with Gasteiger partial charge in [-0.15, -0.1) is 0 Å². The quantitative estimate of drug-likeness (QED) is 0.399. The third-order valence-electron chi connectivity index (χ3n) is 6.44. The minimum absolute atomic E-state index is 0.0469. The molecular formula is C34H53N5O. The van der Waals surface area contributed by atoms with Gasteiger partial charge < -0.3 is 15.5 Å². The Labute approximate surface area is 244 Å². The number of aromatic nitrogens is 1. The molecule has 0 radical (unpaired) electrons. The second-order valence-electron chi connectivity index (χ2n) is 9.61. The highest BCUT2D eigenvalue weighted by atomic mass is 16.2. The molecule has 6 nitrogen and oxygen atoms in total. The van der Waals surface area contributed by atoms with Crippen LogP contribution in [-0.2, 0) is 0 Å². The number of pyridine rings is 1. The summed E-state index contributed by atoms with van der Waals surface area (Å²) in [6.45, 7) is 16.8. The first-order valence-electron chi connectivity index (χ1n) is 14.8. The molecule has 2 aromatic rings. The minimum atomic E-state index is 0.0469. The van der Waals surface area contributed by atoms with Crippen LogP contribution in [0, 0.1) is 0 Å². The van der Waals surface area contributed by atoms with Gasteiger partial charge in [-0.05, 0) is 69.6 Å². The van der Waals surface area contributed by atoms with E-state index in [1.165, 1.54) is 60.3 Å². The van der Waals surface area contributed by atoms with Crippen LogP contribution in [0.15, 0.2) is 77.7 Å². The third kappa shape index (κ3) is 11.4. The van der Waals surface area contributed by atoms with Gasteiger partial charge in [0.1, 0.15) is 5.82 Å². The van der Waals surface area contributed by atoms with Crippen molar-refractivity contribution in [3.8, 4) is 0 Å². The molecule has 0 spiro atoms. The Kier molecular flexibility index (Phi) is 17.0. The number of allylic oxidation sites excluding steroid dienone is 4. The molecule has 2 aliphatic heterocycles. The largest absolute Gasteiger partial charge is 0.385 e. The van der Waals surface area contributed by atoms with Gasteiger partial charge in [0, 0.05) is 62.8 Å². The van der Waals surface area contributed by atoms with Crippen LogP contribution in [0.25, 0.3) is 5.57 Å². The summed E-state index contributed by atoms with van der Waals surface area (Å²) in [7, 11) is 5.39. The number of hydrogen-bond acceptors (Lipinski definition) is 5. The summed E-state index contributed by atoms with van der Waals surface area (Å²) in [6.07, 6.45) is 10.6. The van der Waals surface area contributed by atoms with Crippen LogP contribution in [0.1, 0.15) is 76.7 Å². The van der Waals surface area contributed by atoms with E-state index >= 15 is 0 Å². The lowest BCUT2D eigenvalue weighted by Crippen LogP contribution is -2.31. The maximum absolute atomic E-state index is 11.3. The monoisotopic (exact) mass is 547 g/mol. The fourth-order valence-electron chi connectivity index (χ4n) is 4.47. The number of amides is 1. The maximum atomic E-state index is 11.3. The molecule has 1 saturated heterocycles. The van der Waals surface area contributed by atoms with Crippen molar-refractivity contribution < 1.29 is 4.79 Å². The fourth-order valence-corrected chi connectivity index (χ4v) is 4.47. The standard InChI is InChI=1S/C21H30N4.C9H11NO.2C2H6/c1-16(15-25-11-5-4-6-12-25)13-20-17(2)23-10-9-19(20)18-7-8-21(22-3)24-14-18;1-10(2)9(11)8-6-4-3-5-7-8;2*1-2/h7-9,13-14,23H,4-6,10-12,15H2,1-3H3,(H,22,24);3-7H,1-2H3;2*1-2H3/b16-13+;;;. The van der Waals surface area contributed by atoms with Gasteiger partial charge in [0.25, 0.3) is 5.91 Å². The topological polar surface area (TPSA) is 60.5 Å². The number of hydrogen-bond donors (Lipinski definition) is 2. The molecule has 0 bridgehead atoms. The highest BCUT2D eigenvalue weighted by molar-refractivity contribution is 5.93. The summed E-state index contributed by atoms with van der Waals surface area (Å²) in [4.78, 5) is 19.9. The molecule has 0 saturated carbocycles. The molecule has 0 aliphatic carbocycles. The molecule has 1 aromatic carbocycles. The van der Waals surface area contributed by atoms with Crippen LogP contribution in [-0.4, -0.2) is 68.0 Å². The van der Waals surface area contributed by atoms with Gasteiger partial charge >= 0.3 is 0 Å². The van der Waals surface area contributed by atoms with Gasteiger partial charge in [-0.2, -0.15) is 0 Å². The van der Waals surface area contributed by atoms with E-state index < -0.39 is 0 Å². The van der Waals surface area contributed by atoms with Crippen molar-refractivity contribution in [1.82, 2.24) is 20.1 Å². The SMILES string of the molecule is CC.CC.CN(C)C(=O)c1ccccc1.CNc1ccc(C2=CCNC(C)=C2/C=C(\C)CN2CCCCC2)cn1. The molecule has 3 heterocycles. The molecule has 1 amide bonds. The second-order valence-corrected chi connectivity index (χ2v) is 9.61. The number of carbonyl (C=O) groups is 1. The Morgan fingerprint density at radius 1 is 1.02 bits per heavy atom. The van der Waals surface area contributed by atoms with Crippen molar-refractivity contribution in [3.05, 3.63) is 88.8 Å². The van der Waals surface area contributed by atoms with Crippen LogP contribution in [0.5, 0.6) is 0 Å². The van der Waals surface area contributed by atoms with Gasteiger partial charge in [-0.25, -0.2) is 4.98 Å². The maximum Gasteiger partial charge on any atom is 0.253 e. The summed E-state index contributed by atoms with van der Waals surface area (Å²) < 4.78 is 0. The van der Waals surface area contributed by atoms with E-state index in [1.54, 1.807) is 19.0 Å². The van der Waals surface area contributed by atoms with E-state index in [2.05, 4.69) is 52.6 Å². The molecule has 1 aromatic heterocycles. The first-order valence-corrected chi connectivity index (χ1v) is 14.8. The van der Waals surface area contributed by atoms with Gasteiger partial charge in [0.2, 0.25) is 0 Å². The van der Waals surface area contributed by atoms with Gasteiger partial charge in [-0.1, -0.05) is 70.0 Å². The lowest BCUT2D eigenvalue weighted by atomic mass is 9.93. The lowest BCUT2D eigenvalue weighted by molar-refractivity contribution is 0.0827. The Morgan fingerprint density at radius 3 is 2.23 bits per heavy atom. The van der Waals surface area contributed by atoms with Crippen molar-refractivity contribution in [1.29, 1.82) is 0 Å². The van der Waals surface area contributed by atoms with Gasteiger partial charge in [0.15, 0.2) is 0 Å². The molecule has 0 atom stereocenters. The molecule has 1 fully saturated rings. The zero-order chi connectivity index (χ0) is 29.9. The highest BCUT2D eigenvalue weighted by Crippen LogP contribution is 2.29. The van der Waals surface area contributed by atoms with Crippen molar-refractivity contribution in [3.63, 3.8) is 0 Å². The fraction of sp³-hybridized carbons (Fsp3) is 0.471. The van der Waals surface area contributed by atoms with Crippen LogP contribution in [0.4, 0.5) is 5.82 Å². The van der Waals surface area contributed by atoms with E-state index in [1.807, 2.05) is 77.3 Å². The smallest absolute Gasteiger partial charge is 0.253 e. The van der Waals surface area contributed by atoms with E-state index in [-0.39, 0.29) is 5.91 Å². The van der Waals surface area contributed by atoms with Crippen molar-refractivity contribution >= 4 is 17.3 Å². The van der Waals surface area contributed by atoms with Crippen LogP contribution in [0.2, 0.25) is 0 Å². The molecule has 4 rings (SSSR count). The molecule has 40 heavy (non-hydrogen) atoms. The summed E-state index contributed by atoms with van der Waals surface area (Å²) in [5.74, 6) is 0.947. The predicted molar refractivity (Wildman–Crippen MR) is 174 cm³/mol. The number of dihydropyridines is 1. The van der Waals surface area contributed by atoms with Crippen molar-refractivity contribution in [2.24, 2.45) is 0 Å². The van der Waals surface area contributed by atoms with E-state index in [9.17, 15) is 4.79 Å². The first kappa shape index (κ1) is 34.6. The summed E-state index contributed by atoms with van der Waals surface area (Å²) in [5, 5.41) is 6.56. The second kappa shape index (κ2) is 19.6. The normalized spacial score (nSPS) is 15.0. The Balaban J connectivity index is 0.000000446. The number of anilines is 1. The first-order chi connectivity index (χ1) is 19.4. The molecule has 0 unspecified atom stereocenters. The predicted octanol–water partition coefficient (Wildman–Crippen LogP) is 7.26. The van der Waals surface area contributed by atoms with Crippen molar-refractivity contribution in [2.75, 3.05) is 52.6 Å². The molecule has 2 N–H and O–H groups in total. The Morgan fingerprint density at radius 2 is 1.68 bits per heavy atom. The summed E-state index contributed by atoms with van der Waals surface area (Å²) in [5.41, 5.74) is 7.15. The highest BCUT2D eigenvalue weighted by Gasteiger charge is 2.15. The molecule has 6 heteroatoms. The zero-order valence-corrected chi connectivity index (χ0v) is 26.5. The third-order valence-corrected chi connectivity index (χ3v) is 6.44. The average molecular weight is 548 g/mol. The van der Waals surface area contributed by atoms with Crippen LogP contribution >= 0.6 is 0 Å². The number of nitrogens with zero attached hydrogens (tertiary/aromatic N) is 3. The van der Waals surface area contributed by atoms with Crippen LogP contribution in [0.3, 0.4) is 0 Å². The van der Waals surface area contributed by atoms with E-state index in [0.717, 1.165) is 24.5 Å². The summed E-state index contributed by atoms with van der Waals surface area (Å²) >= 11 is 0. The van der Waals surface area contributed by atoms with E-state index in [4.69, 9.17) is 0 Å². The van der Waals surface area contributed by atoms with Gasteiger partial charge in [-0.3, -0.25) is 9.69 Å². The Bertz CT molecular complexity index is 1080. The average Bonchev–Trinajstić information content (AvgIpc) is 3.01. The molecule has 220 valence electrons. The summed E-state index contributed by atoms with van der Waals surface area (Å²) in [6, 6.07) is 13.4. The van der Waals surface area contributed by atoms with Gasteiger partial charge in [0.05, 0.1) is 0 Å². The van der Waals surface area contributed by atoms with Crippen LogP contribution < -0.4 is 10.6 Å². The number of piperidine rings is 1. The zero-order valence-electron chi connectivity index (χ0n) is 26.5. The molecule has 2 aliphatic rings. The minimum Gasteiger partial charge on any atom is -0.385 e. The number of benzene rings is 1. The number of likely N-dealkylation sites (tertiary alicyclic amines) is 1.